The second kappa shape index (κ2) is 6.64. The minimum absolute atomic E-state index is 0.199. The Morgan fingerprint density at radius 3 is 2.54 bits per heavy atom. The summed E-state index contributed by atoms with van der Waals surface area (Å²) in [5.41, 5.74) is 1.24. The first-order valence-electron chi connectivity index (χ1n) is 8.28. The zero-order valence-electron chi connectivity index (χ0n) is 15.2. The molecule has 0 atom stereocenters. The van der Waals surface area contributed by atoms with Crippen LogP contribution >= 0.6 is 0 Å². The Hall–Kier alpha value is -3.13. The van der Waals surface area contributed by atoms with Crippen LogP contribution in [0.25, 0.3) is 21.9 Å². The van der Waals surface area contributed by atoms with Crippen molar-refractivity contribution in [3.05, 3.63) is 54.0 Å². The molecule has 0 aliphatic carbocycles. The first-order chi connectivity index (χ1) is 12.3. The summed E-state index contributed by atoms with van der Waals surface area (Å²) >= 11 is 0. The maximum atomic E-state index is 14.7. The molecule has 0 aliphatic heterocycles. The molecule has 0 radical (unpaired) electrons. The Labute approximate surface area is 152 Å². The van der Waals surface area contributed by atoms with Crippen molar-refractivity contribution < 1.29 is 9.13 Å². The van der Waals surface area contributed by atoms with Crippen molar-refractivity contribution in [3.8, 4) is 22.9 Å². The smallest absolute Gasteiger partial charge is 0.134 e. The molecule has 0 amide bonds. The van der Waals surface area contributed by atoms with Crippen LogP contribution in [0.3, 0.4) is 0 Å². The summed E-state index contributed by atoms with van der Waals surface area (Å²) in [6.45, 7) is 6.10. The van der Waals surface area contributed by atoms with Crippen LogP contribution in [0.5, 0.6) is 5.75 Å². The molecule has 1 heterocycles. The van der Waals surface area contributed by atoms with E-state index >= 15 is 0 Å². The van der Waals surface area contributed by atoms with Crippen LogP contribution in [0.4, 0.5) is 10.2 Å². The van der Waals surface area contributed by atoms with Crippen molar-refractivity contribution in [2.75, 3.05) is 12.4 Å². The van der Waals surface area contributed by atoms with Gasteiger partial charge in [0.1, 0.15) is 17.4 Å². The van der Waals surface area contributed by atoms with Gasteiger partial charge in [-0.3, -0.25) is 0 Å². The number of rotatable bonds is 3. The summed E-state index contributed by atoms with van der Waals surface area (Å²) in [5, 5.41) is 14.4. The molecule has 1 aromatic heterocycles. The van der Waals surface area contributed by atoms with Gasteiger partial charge in [-0.25, -0.2) is 9.37 Å². The van der Waals surface area contributed by atoms with Crippen molar-refractivity contribution in [1.29, 1.82) is 5.26 Å². The summed E-state index contributed by atoms with van der Waals surface area (Å²) in [6, 6.07) is 12.3. The molecule has 0 bridgehead atoms. The zero-order chi connectivity index (χ0) is 18.9. The van der Waals surface area contributed by atoms with Crippen LogP contribution in [-0.2, 0) is 0 Å². The third-order valence-corrected chi connectivity index (χ3v) is 3.99. The van der Waals surface area contributed by atoms with E-state index in [1.54, 1.807) is 24.4 Å². The van der Waals surface area contributed by atoms with Crippen molar-refractivity contribution in [3.63, 3.8) is 0 Å². The second-order valence-electron chi connectivity index (χ2n) is 7.08. The number of anilines is 1. The van der Waals surface area contributed by atoms with E-state index in [-0.39, 0.29) is 5.54 Å². The molecule has 132 valence electrons. The molecule has 4 nitrogen and oxygen atoms in total. The Bertz CT molecular complexity index is 1020. The molecular weight excluding hydrogens is 329 g/mol. The van der Waals surface area contributed by atoms with Gasteiger partial charge in [-0.1, -0.05) is 12.1 Å². The van der Waals surface area contributed by atoms with Crippen molar-refractivity contribution in [2.45, 2.75) is 26.3 Å². The first kappa shape index (κ1) is 17.7. The highest BCUT2D eigenvalue weighted by Crippen LogP contribution is 2.36. The maximum absolute atomic E-state index is 14.7. The van der Waals surface area contributed by atoms with Gasteiger partial charge in [0.05, 0.1) is 18.7 Å². The lowest BCUT2D eigenvalue weighted by molar-refractivity contribution is 0.411. The topological polar surface area (TPSA) is 57.9 Å². The molecule has 2 aromatic carbocycles. The molecule has 0 fully saturated rings. The molecule has 5 heteroatoms. The van der Waals surface area contributed by atoms with Crippen LogP contribution in [-0.4, -0.2) is 17.6 Å². The number of methoxy groups -OCH3 is 1. The van der Waals surface area contributed by atoms with E-state index in [0.29, 0.717) is 33.6 Å². The van der Waals surface area contributed by atoms with Gasteiger partial charge in [0.25, 0.3) is 0 Å². The predicted molar refractivity (Wildman–Crippen MR) is 102 cm³/mol. The quantitative estimate of drug-likeness (QED) is 0.712. The van der Waals surface area contributed by atoms with Gasteiger partial charge in [-0.15, -0.1) is 0 Å². The van der Waals surface area contributed by atoms with E-state index in [4.69, 9.17) is 4.74 Å². The number of nitrogens with one attached hydrogen (secondary N) is 1. The number of aromatic nitrogens is 1. The van der Waals surface area contributed by atoms with Gasteiger partial charge in [0.2, 0.25) is 0 Å². The predicted octanol–water partition coefficient (Wildman–Crippen LogP) is 5.13. The van der Waals surface area contributed by atoms with Crippen LogP contribution < -0.4 is 10.1 Å². The molecule has 0 saturated carbocycles. The molecule has 26 heavy (non-hydrogen) atoms. The molecule has 3 aromatic rings. The Morgan fingerprint density at radius 2 is 1.92 bits per heavy atom. The molecule has 0 unspecified atom stereocenters. The van der Waals surface area contributed by atoms with Gasteiger partial charge < -0.3 is 10.1 Å². The minimum atomic E-state index is -0.420. The normalized spacial score (nSPS) is 11.2. The minimum Gasteiger partial charge on any atom is -0.497 e. The molecule has 0 saturated heterocycles. The van der Waals surface area contributed by atoms with Gasteiger partial charge in [-0.05, 0) is 39.0 Å². The summed E-state index contributed by atoms with van der Waals surface area (Å²) in [6.07, 6.45) is 1.61. The molecule has 0 spiro atoms. The van der Waals surface area contributed by atoms with E-state index in [2.05, 4.69) is 16.4 Å². The number of benzene rings is 2. The highest BCUT2D eigenvalue weighted by molar-refractivity contribution is 6.05. The Balaban J connectivity index is 2.31. The maximum Gasteiger partial charge on any atom is 0.134 e. The fraction of sp³-hybridized carbons (Fsp3) is 0.238. The Morgan fingerprint density at radius 1 is 1.15 bits per heavy atom. The van der Waals surface area contributed by atoms with E-state index in [1.165, 1.54) is 13.2 Å². The average Bonchev–Trinajstić information content (AvgIpc) is 2.60. The van der Waals surface area contributed by atoms with Gasteiger partial charge >= 0.3 is 0 Å². The van der Waals surface area contributed by atoms with E-state index in [0.717, 1.165) is 5.39 Å². The number of nitriles is 1. The van der Waals surface area contributed by atoms with Crippen LogP contribution in [0, 0.1) is 17.1 Å². The number of halogens is 1. The summed E-state index contributed by atoms with van der Waals surface area (Å²) in [4.78, 5) is 4.51. The molecule has 0 aliphatic rings. The largest absolute Gasteiger partial charge is 0.497 e. The third kappa shape index (κ3) is 3.31. The Kier molecular flexibility index (Phi) is 4.52. The van der Waals surface area contributed by atoms with Crippen LogP contribution in [0.1, 0.15) is 26.3 Å². The molecular formula is C21H20FN3O. The fourth-order valence-electron chi connectivity index (χ4n) is 2.90. The lowest BCUT2D eigenvalue weighted by Gasteiger charge is -2.23. The number of ether oxygens (including phenoxy) is 1. The monoisotopic (exact) mass is 349 g/mol. The molecule has 1 N–H and O–H groups in total. The second-order valence-corrected chi connectivity index (χ2v) is 7.08. The fourth-order valence-corrected chi connectivity index (χ4v) is 2.90. The SMILES string of the molecule is COc1ccc(-c2cnc(NC(C)(C)C)c3cccc(C#N)c23)c(F)c1. The number of hydrogen-bond donors (Lipinski definition) is 1. The number of hydrogen-bond acceptors (Lipinski definition) is 4. The number of fused-ring (bicyclic) bond motifs is 1. The van der Waals surface area contributed by atoms with Crippen molar-refractivity contribution in [1.82, 2.24) is 4.98 Å². The van der Waals surface area contributed by atoms with Gasteiger partial charge in [0.15, 0.2) is 0 Å². The highest BCUT2D eigenvalue weighted by Gasteiger charge is 2.18. The zero-order valence-corrected chi connectivity index (χ0v) is 15.2. The average molecular weight is 349 g/mol. The lowest BCUT2D eigenvalue weighted by Crippen LogP contribution is -2.26. The van der Waals surface area contributed by atoms with Gasteiger partial charge in [-0.2, -0.15) is 5.26 Å². The summed E-state index contributed by atoms with van der Waals surface area (Å²) in [5.74, 6) is 0.689. The van der Waals surface area contributed by atoms with Crippen molar-refractivity contribution >= 4 is 16.6 Å². The van der Waals surface area contributed by atoms with Crippen molar-refractivity contribution in [2.24, 2.45) is 0 Å². The van der Waals surface area contributed by atoms with Crippen LogP contribution in [0.2, 0.25) is 0 Å². The first-order valence-corrected chi connectivity index (χ1v) is 8.28. The van der Waals surface area contributed by atoms with E-state index < -0.39 is 5.82 Å². The van der Waals surface area contributed by atoms with E-state index in [9.17, 15) is 9.65 Å². The van der Waals surface area contributed by atoms with E-state index in [1.807, 2.05) is 32.9 Å². The summed E-state index contributed by atoms with van der Waals surface area (Å²) < 4.78 is 19.7. The standard InChI is InChI=1S/C21H20FN3O/c1-21(2,3)25-20-16-7-5-6-13(11-23)19(16)17(12-24-20)15-9-8-14(26-4)10-18(15)22/h5-10,12H,1-4H3,(H,24,25). The molecule has 3 rings (SSSR count). The number of pyridine rings is 1. The van der Waals surface area contributed by atoms with Gasteiger partial charge in [0, 0.05) is 39.7 Å². The number of nitrogens with zero attached hydrogens (tertiary/aromatic N) is 2. The van der Waals surface area contributed by atoms with Crippen LogP contribution in [0.15, 0.2) is 42.6 Å². The highest BCUT2D eigenvalue weighted by atomic mass is 19.1. The summed E-state index contributed by atoms with van der Waals surface area (Å²) in [7, 11) is 1.49. The third-order valence-electron chi connectivity index (χ3n) is 3.99. The lowest BCUT2D eigenvalue weighted by atomic mass is 9.96.